The van der Waals surface area contributed by atoms with Gasteiger partial charge in [-0.3, -0.25) is 9.59 Å². The van der Waals surface area contributed by atoms with Crippen LogP contribution in [0.5, 0.6) is 11.5 Å². The number of hydrogen-bond donors (Lipinski definition) is 2. The summed E-state index contributed by atoms with van der Waals surface area (Å²) in [5.41, 5.74) is 1.99. The first-order valence-corrected chi connectivity index (χ1v) is 9.57. The molecule has 0 saturated carbocycles. The van der Waals surface area contributed by atoms with Gasteiger partial charge in [0.1, 0.15) is 17.4 Å². The van der Waals surface area contributed by atoms with Crippen molar-refractivity contribution in [1.82, 2.24) is 0 Å². The number of halogens is 1. The average molecular weight is 419 g/mol. The Balaban J connectivity index is 1.86. The zero-order valence-electron chi connectivity index (χ0n) is 15.9. The maximum Gasteiger partial charge on any atom is 0.170 e. The molecule has 0 spiro atoms. The van der Waals surface area contributed by atoms with Crippen molar-refractivity contribution in [1.29, 1.82) is 0 Å². The largest absolute Gasteiger partial charge is 0.508 e. The number of benzene rings is 3. The van der Waals surface area contributed by atoms with Gasteiger partial charge in [0.15, 0.2) is 11.6 Å². The number of aromatic hydroxyl groups is 2. The fraction of sp³-hybridized carbons (Fsp3) is 0.0400. The molecule has 0 fully saturated rings. The molecular weight excluding hydrogens is 400 g/mol. The summed E-state index contributed by atoms with van der Waals surface area (Å²) in [6.45, 7) is 0. The van der Waals surface area contributed by atoms with Gasteiger partial charge in [-0.2, -0.15) is 0 Å². The van der Waals surface area contributed by atoms with Gasteiger partial charge in [0.2, 0.25) is 0 Å². The molecular formula is C25H19ClO4. The monoisotopic (exact) mass is 418 g/mol. The maximum absolute atomic E-state index is 12.9. The van der Waals surface area contributed by atoms with Gasteiger partial charge in [0.05, 0.1) is 0 Å². The Labute approximate surface area is 179 Å². The summed E-state index contributed by atoms with van der Waals surface area (Å²) in [4.78, 5) is 25.8. The van der Waals surface area contributed by atoms with Crippen LogP contribution in [0.25, 0.3) is 12.2 Å². The SMILES string of the molecule is O=C(/C=C/c1ccc(O)cc1)C(C(=O)/C=C/c1ccc(O)cc1)c1ccc(Cl)cc1. The summed E-state index contributed by atoms with van der Waals surface area (Å²) in [7, 11) is 0. The topological polar surface area (TPSA) is 74.6 Å². The number of rotatable bonds is 7. The van der Waals surface area contributed by atoms with Crippen LogP contribution in [-0.4, -0.2) is 21.8 Å². The van der Waals surface area contributed by atoms with E-state index in [1.807, 2.05) is 0 Å². The first-order chi connectivity index (χ1) is 14.4. The molecule has 0 amide bonds. The van der Waals surface area contributed by atoms with Gasteiger partial charge in [-0.1, -0.05) is 60.2 Å². The van der Waals surface area contributed by atoms with Crippen molar-refractivity contribution in [2.24, 2.45) is 0 Å². The summed E-state index contributed by atoms with van der Waals surface area (Å²) in [5.74, 6) is -1.49. The molecule has 0 aliphatic heterocycles. The van der Waals surface area contributed by atoms with E-state index >= 15 is 0 Å². The molecule has 3 aromatic carbocycles. The highest BCUT2D eigenvalue weighted by atomic mass is 35.5. The van der Waals surface area contributed by atoms with Crippen molar-refractivity contribution in [2.45, 2.75) is 5.92 Å². The van der Waals surface area contributed by atoms with E-state index in [0.717, 1.165) is 11.1 Å². The Morgan fingerprint density at radius 3 is 1.47 bits per heavy atom. The molecule has 0 unspecified atom stereocenters. The number of carbonyl (C=O) groups is 2. The van der Waals surface area contributed by atoms with E-state index in [4.69, 9.17) is 11.6 Å². The molecule has 4 nitrogen and oxygen atoms in total. The lowest BCUT2D eigenvalue weighted by Gasteiger charge is -2.11. The minimum Gasteiger partial charge on any atom is -0.508 e. The lowest BCUT2D eigenvalue weighted by molar-refractivity contribution is -0.124. The quantitative estimate of drug-likeness (QED) is 0.398. The van der Waals surface area contributed by atoms with E-state index in [9.17, 15) is 19.8 Å². The van der Waals surface area contributed by atoms with Gasteiger partial charge in [-0.15, -0.1) is 0 Å². The van der Waals surface area contributed by atoms with E-state index in [2.05, 4.69) is 0 Å². The van der Waals surface area contributed by atoms with Crippen molar-refractivity contribution in [2.75, 3.05) is 0 Å². The van der Waals surface area contributed by atoms with Crippen LogP contribution in [0.2, 0.25) is 5.02 Å². The summed E-state index contributed by atoms with van der Waals surface area (Å²) in [6, 6.07) is 19.3. The zero-order valence-corrected chi connectivity index (χ0v) is 16.7. The summed E-state index contributed by atoms with van der Waals surface area (Å²) < 4.78 is 0. The van der Waals surface area contributed by atoms with Crippen molar-refractivity contribution in [3.8, 4) is 11.5 Å². The third kappa shape index (κ3) is 5.69. The second kappa shape index (κ2) is 9.72. The second-order valence-electron chi connectivity index (χ2n) is 6.64. The number of ketones is 2. The fourth-order valence-electron chi connectivity index (χ4n) is 2.84. The fourth-order valence-corrected chi connectivity index (χ4v) is 2.97. The molecule has 0 bridgehead atoms. The summed E-state index contributed by atoms with van der Waals surface area (Å²) >= 11 is 5.94. The smallest absolute Gasteiger partial charge is 0.170 e. The van der Waals surface area contributed by atoms with Gasteiger partial charge >= 0.3 is 0 Å². The molecule has 0 heterocycles. The Morgan fingerprint density at radius 1 is 0.667 bits per heavy atom. The van der Waals surface area contributed by atoms with Crippen LogP contribution in [0.15, 0.2) is 84.9 Å². The van der Waals surface area contributed by atoms with Crippen LogP contribution in [0.4, 0.5) is 0 Å². The maximum atomic E-state index is 12.9. The molecule has 3 rings (SSSR count). The molecule has 0 aromatic heterocycles. The van der Waals surface area contributed by atoms with Crippen LogP contribution >= 0.6 is 11.6 Å². The number of phenols is 2. The number of carbonyl (C=O) groups excluding carboxylic acids is 2. The Bertz CT molecular complexity index is 1010. The lowest BCUT2D eigenvalue weighted by Crippen LogP contribution is -2.19. The minimum absolute atomic E-state index is 0.132. The highest BCUT2D eigenvalue weighted by Crippen LogP contribution is 2.23. The van der Waals surface area contributed by atoms with Crippen molar-refractivity contribution >= 4 is 35.3 Å². The minimum atomic E-state index is -1.01. The van der Waals surface area contributed by atoms with Crippen molar-refractivity contribution in [3.63, 3.8) is 0 Å². The van der Waals surface area contributed by atoms with Crippen LogP contribution < -0.4 is 0 Å². The van der Waals surface area contributed by atoms with Gasteiger partial charge in [0, 0.05) is 5.02 Å². The van der Waals surface area contributed by atoms with E-state index in [1.54, 1.807) is 60.7 Å². The van der Waals surface area contributed by atoms with Crippen LogP contribution in [-0.2, 0) is 9.59 Å². The summed E-state index contributed by atoms with van der Waals surface area (Å²) in [5, 5.41) is 19.2. The molecule has 2 N–H and O–H groups in total. The van der Waals surface area contributed by atoms with E-state index in [-0.39, 0.29) is 23.1 Å². The van der Waals surface area contributed by atoms with Crippen molar-refractivity contribution in [3.05, 3.63) is 107 Å². The van der Waals surface area contributed by atoms with Gasteiger partial charge in [-0.05, 0) is 65.2 Å². The molecule has 150 valence electrons. The number of phenolic OH excluding ortho intramolecular Hbond substituents is 2. The average Bonchev–Trinajstić information content (AvgIpc) is 2.74. The zero-order chi connectivity index (χ0) is 21.5. The second-order valence-corrected chi connectivity index (χ2v) is 7.08. The number of hydrogen-bond acceptors (Lipinski definition) is 4. The Hall–Kier alpha value is -3.63. The molecule has 0 aliphatic carbocycles. The van der Waals surface area contributed by atoms with E-state index in [0.29, 0.717) is 10.6 Å². The third-order valence-corrected chi connectivity index (χ3v) is 4.69. The van der Waals surface area contributed by atoms with Crippen LogP contribution in [0.1, 0.15) is 22.6 Å². The molecule has 5 heteroatoms. The van der Waals surface area contributed by atoms with Crippen LogP contribution in [0, 0.1) is 0 Å². The normalized spacial score (nSPS) is 11.4. The molecule has 0 saturated heterocycles. The Morgan fingerprint density at radius 2 is 1.07 bits per heavy atom. The predicted molar refractivity (Wildman–Crippen MR) is 118 cm³/mol. The lowest BCUT2D eigenvalue weighted by atomic mass is 9.89. The molecule has 0 atom stereocenters. The highest BCUT2D eigenvalue weighted by molar-refractivity contribution is 6.30. The predicted octanol–water partition coefficient (Wildman–Crippen LogP) is 5.40. The van der Waals surface area contributed by atoms with Gasteiger partial charge in [-0.25, -0.2) is 0 Å². The van der Waals surface area contributed by atoms with E-state index < -0.39 is 5.92 Å². The molecule has 0 aliphatic rings. The van der Waals surface area contributed by atoms with Gasteiger partial charge in [0.25, 0.3) is 0 Å². The first-order valence-electron chi connectivity index (χ1n) is 9.20. The molecule has 30 heavy (non-hydrogen) atoms. The number of allylic oxidation sites excluding steroid dienone is 2. The third-order valence-electron chi connectivity index (χ3n) is 4.44. The molecule has 3 aromatic rings. The summed E-state index contributed by atoms with van der Waals surface area (Å²) in [6.07, 6.45) is 5.92. The molecule has 0 radical (unpaired) electrons. The highest BCUT2D eigenvalue weighted by Gasteiger charge is 2.24. The van der Waals surface area contributed by atoms with Gasteiger partial charge < -0.3 is 10.2 Å². The first kappa shape index (κ1) is 21.1. The Kier molecular flexibility index (Phi) is 6.83. The van der Waals surface area contributed by atoms with Crippen LogP contribution in [0.3, 0.4) is 0 Å². The van der Waals surface area contributed by atoms with Crippen molar-refractivity contribution < 1.29 is 19.8 Å². The standard InChI is InChI=1S/C25H19ClO4/c26-20-9-7-19(8-10-20)25(23(29)15-5-17-1-11-21(27)12-2-17)24(30)16-6-18-3-13-22(28)14-4-18/h1-16,25,27-28H/b15-5+,16-6+. The van der Waals surface area contributed by atoms with E-state index in [1.165, 1.54) is 36.4 Å².